The maximum atomic E-state index is 11.3. The highest BCUT2D eigenvalue weighted by Crippen LogP contribution is 2.17. The molecule has 4 nitrogen and oxygen atoms in total. The van der Waals surface area contributed by atoms with Gasteiger partial charge >= 0.3 is 11.9 Å². The molecule has 0 aromatic heterocycles. The van der Waals surface area contributed by atoms with Crippen LogP contribution in [0.25, 0.3) is 0 Å². The number of benzene rings is 1. The van der Waals surface area contributed by atoms with Crippen LogP contribution in [0.4, 0.5) is 5.69 Å². The topological polar surface area (TPSA) is 57.6 Å². The van der Waals surface area contributed by atoms with Gasteiger partial charge in [-0.3, -0.25) is 14.5 Å². The van der Waals surface area contributed by atoms with E-state index in [0.29, 0.717) is 10.7 Å². The molecule has 0 fully saturated rings. The molecule has 1 N–H and O–H groups in total. The summed E-state index contributed by atoms with van der Waals surface area (Å²) in [5, 5.41) is 9.15. The zero-order valence-electron chi connectivity index (χ0n) is 8.18. The van der Waals surface area contributed by atoms with E-state index < -0.39 is 18.4 Å². The van der Waals surface area contributed by atoms with Crippen molar-refractivity contribution in [2.45, 2.75) is 0 Å². The summed E-state index contributed by atoms with van der Waals surface area (Å²) >= 11 is 5.68. The van der Waals surface area contributed by atoms with Crippen LogP contribution >= 0.6 is 11.6 Å². The third-order valence-corrected chi connectivity index (χ3v) is 2.05. The minimum atomic E-state index is -1.14. The summed E-state index contributed by atoms with van der Waals surface area (Å²) in [7, 11) is 0. The first kappa shape index (κ1) is 12.1. The fraction of sp³-hybridized carbons (Fsp3) is 0.0909. The van der Waals surface area contributed by atoms with Gasteiger partial charge in [0.25, 0.3) is 0 Å². The van der Waals surface area contributed by atoms with Gasteiger partial charge in [-0.1, -0.05) is 11.6 Å². The predicted molar refractivity (Wildman–Crippen MR) is 60.3 cm³/mol. The van der Waals surface area contributed by atoms with Crippen LogP contribution in [-0.2, 0) is 9.59 Å². The maximum absolute atomic E-state index is 11.3. The number of aliphatic carboxylic acids is 1. The predicted octanol–water partition coefficient (Wildman–Crippen LogP) is 1.39. The number of rotatable bonds is 3. The molecule has 16 heavy (non-hydrogen) atoms. The maximum Gasteiger partial charge on any atom is 0.323 e. The zero-order valence-corrected chi connectivity index (χ0v) is 8.94. The first-order chi connectivity index (χ1) is 7.54. The van der Waals surface area contributed by atoms with Crippen molar-refractivity contribution < 1.29 is 14.7 Å². The van der Waals surface area contributed by atoms with Gasteiger partial charge < -0.3 is 5.11 Å². The molecule has 5 heteroatoms. The van der Waals surface area contributed by atoms with E-state index in [9.17, 15) is 9.59 Å². The average Bonchev–Trinajstić information content (AvgIpc) is 2.26. The highest BCUT2D eigenvalue weighted by molar-refractivity contribution is 6.30. The Morgan fingerprint density at radius 3 is 2.38 bits per heavy atom. The number of nitrogens with zero attached hydrogens (tertiary/aromatic N) is 1. The molecule has 0 aliphatic rings. The Morgan fingerprint density at radius 2 is 1.94 bits per heavy atom. The molecule has 0 spiro atoms. The van der Waals surface area contributed by atoms with E-state index in [1.807, 2.05) is 5.92 Å². The molecule has 1 aromatic rings. The second kappa shape index (κ2) is 5.19. The van der Waals surface area contributed by atoms with Crippen molar-refractivity contribution in [2.75, 3.05) is 11.4 Å². The number of anilines is 1. The summed E-state index contributed by atoms with van der Waals surface area (Å²) in [5.74, 6) is 0.0300. The van der Waals surface area contributed by atoms with Crippen LogP contribution in [0.1, 0.15) is 0 Å². The Morgan fingerprint density at radius 1 is 1.38 bits per heavy atom. The van der Waals surface area contributed by atoms with Crippen LogP contribution in [0.5, 0.6) is 0 Å². The molecular formula is C11H8ClNO3. The van der Waals surface area contributed by atoms with Crippen molar-refractivity contribution in [2.24, 2.45) is 0 Å². The second-order valence-electron chi connectivity index (χ2n) is 2.91. The van der Waals surface area contributed by atoms with E-state index in [1.54, 1.807) is 12.1 Å². The number of carbonyl (C=O) groups excluding carboxylic acids is 1. The van der Waals surface area contributed by atoms with Gasteiger partial charge in [-0.25, -0.2) is 0 Å². The summed E-state index contributed by atoms with van der Waals surface area (Å²) in [4.78, 5) is 22.9. The lowest BCUT2D eigenvalue weighted by Gasteiger charge is -2.17. The van der Waals surface area contributed by atoms with Crippen LogP contribution in [-0.4, -0.2) is 23.5 Å². The zero-order chi connectivity index (χ0) is 12.1. The molecule has 1 rings (SSSR count). The summed E-state index contributed by atoms with van der Waals surface area (Å²) < 4.78 is 0. The van der Waals surface area contributed by atoms with E-state index in [-0.39, 0.29) is 0 Å². The van der Waals surface area contributed by atoms with Crippen LogP contribution in [0, 0.1) is 12.3 Å². The lowest BCUT2D eigenvalue weighted by Crippen LogP contribution is -2.34. The van der Waals surface area contributed by atoms with Gasteiger partial charge in [0.2, 0.25) is 0 Å². The van der Waals surface area contributed by atoms with E-state index >= 15 is 0 Å². The van der Waals surface area contributed by atoms with E-state index in [4.69, 9.17) is 23.1 Å². The number of carboxylic acid groups (broad SMARTS) is 1. The molecule has 0 aliphatic heterocycles. The monoisotopic (exact) mass is 237 g/mol. The molecule has 1 aromatic carbocycles. The normalized spacial score (nSPS) is 9.25. The van der Waals surface area contributed by atoms with Crippen molar-refractivity contribution in [1.29, 1.82) is 0 Å². The van der Waals surface area contributed by atoms with E-state index in [2.05, 4.69) is 0 Å². The summed E-state index contributed by atoms with van der Waals surface area (Å²) in [6.45, 7) is -0.481. The van der Waals surface area contributed by atoms with Crippen molar-refractivity contribution in [3.8, 4) is 12.3 Å². The second-order valence-corrected chi connectivity index (χ2v) is 3.34. The van der Waals surface area contributed by atoms with Crippen molar-refractivity contribution in [1.82, 2.24) is 0 Å². The highest BCUT2D eigenvalue weighted by Gasteiger charge is 2.16. The smallest absolute Gasteiger partial charge is 0.323 e. The third kappa shape index (κ3) is 3.01. The first-order valence-corrected chi connectivity index (χ1v) is 4.68. The molecule has 82 valence electrons. The number of hydrogen-bond donors (Lipinski definition) is 1. The minimum Gasteiger partial charge on any atom is -0.480 e. The fourth-order valence-electron chi connectivity index (χ4n) is 1.11. The van der Waals surface area contributed by atoms with Crippen LogP contribution in [0.3, 0.4) is 0 Å². The average molecular weight is 238 g/mol. The largest absolute Gasteiger partial charge is 0.480 e. The number of amides is 1. The fourth-order valence-corrected chi connectivity index (χ4v) is 1.24. The van der Waals surface area contributed by atoms with Crippen molar-refractivity contribution in [3.63, 3.8) is 0 Å². The molecule has 1 amide bonds. The van der Waals surface area contributed by atoms with Gasteiger partial charge in [0.15, 0.2) is 0 Å². The Labute approximate surface area is 97.4 Å². The van der Waals surface area contributed by atoms with Gasteiger partial charge in [-0.2, -0.15) is 0 Å². The first-order valence-electron chi connectivity index (χ1n) is 4.30. The summed E-state index contributed by atoms with van der Waals surface area (Å²) in [5.41, 5.74) is 0.398. The SMILES string of the molecule is C#CC(=O)N(CC(=O)O)c1ccc(Cl)cc1. The molecule has 0 saturated heterocycles. The standard InChI is InChI=1S/C11H8ClNO3/c1-2-10(14)13(7-11(15)16)9-5-3-8(12)4-6-9/h1,3-6H,7H2,(H,15,16). The Balaban J connectivity index is 3.01. The quantitative estimate of drug-likeness (QED) is 0.809. The Kier molecular flexibility index (Phi) is 3.92. The summed E-state index contributed by atoms with van der Waals surface area (Å²) in [6.07, 6.45) is 4.96. The van der Waals surface area contributed by atoms with E-state index in [1.165, 1.54) is 12.1 Å². The third-order valence-electron chi connectivity index (χ3n) is 1.80. The molecule has 0 aliphatic carbocycles. The number of carbonyl (C=O) groups is 2. The van der Waals surface area contributed by atoms with Crippen LogP contribution in [0.15, 0.2) is 24.3 Å². The van der Waals surface area contributed by atoms with Crippen molar-refractivity contribution >= 4 is 29.2 Å². The lowest BCUT2D eigenvalue weighted by molar-refractivity contribution is -0.136. The molecule has 0 radical (unpaired) electrons. The summed E-state index contributed by atoms with van der Waals surface area (Å²) in [6, 6.07) is 6.16. The van der Waals surface area contributed by atoms with Crippen LogP contribution in [0.2, 0.25) is 5.02 Å². The molecule has 0 atom stereocenters. The lowest BCUT2D eigenvalue weighted by atomic mass is 10.3. The van der Waals surface area contributed by atoms with Crippen molar-refractivity contribution in [3.05, 3.63) is 29.3 Å². The molecule has 0 heterocycles. The minimum absolute atomic E-state index is 0.398. The number of carboxylic acids is 1. The Bertz CT molecular complexity index is 447. The van der Waals surface area contributed by atoms with Crippen LogP contribution < -0.4 is 4.90 Å². The van der Waals surface area contributed by atoms with Gasteiger partial charge in [0, 0.05) is 10.7 Å². The molecule has 0 saturated carbocycles. The van der Waals surface area contributed by atoms with Gasteiger partial charge in [-0.15, -0.1) is 6.42 Å². The molecule has 0 unspecified atom stereocenters. The van der Waals surface area contributed by atoms with Gasteiger partial charge in [0.05, 0.1) is 0 Å². The number of terminal acetylenes is 1. The number of halogens is 1. The van der Waals surface area contributed by atoms with Gasteiger partial charge in [0.1, 0.15) is 6.54 Å². The highest BCUT2D eigenvalue weighted by atomic mass is 35.5. The Hall–Kier alpha value is -1.99. The molecular weight excluding hydrogens is 230 g/mol. The van der Waals surface area contributed by atoms with Gasteiger partial charge in [-0.05, 0) is 30.2 Å². The molecule has 0 bridgehead atoms. The number of hydrogen-bond acceptors (Lipinski definition) is 2. The van der Waals surface area contributed by atoms with E-state index in [0.717, 1.165) is 4.90 Å².